The second-order valence-electron chi connectivity index (χ2n) is 6.44. The summed E-state index contributed by atoms with van der Waals surface area (Å²) in [6, 6.07) is 9.85. The summed E-state index contributed by atoms with van der Waals surface area (Å²) in [7, 11) is 0. The molecule has 0 aliphatic heterocycles. The quantitative estimate of drug-likeness (QED) is 0.399. The van der Waals surface area contributed by atoms with Gasteiger partial charge in [-0.15, -0.1) is 0 Å². The molecule has 5 nitrogen and oxygen atoms in total. The third kappa shape index (κ3) is 9.36. The maximum Gasteiger partial charge on any atom is 0.172 e. The smallest absolute Gasteiger partial charge is 0.172 e. The van der Waals surface area contributed by atoms with Gasteiger partial charge in [-0.2, -0.15) is 26.3 Å². The molecule has 0 aromatic rings. The topological polar surface area (TPSA) is 119 Å². The summed E-state index contributed by atoms with van der Waals surface area (Å²) in [5.41, 5.74) is -1.49. The van der Waals surface area contributed by atoms with Crippen LogP contribution in [0.1, 0.15) is 83.5 Å². The van der Waals surface area contributed by atoms with Crippen LogP contribution in [0.25, 0.3) is 0 Å². The zero-order valence-electron chi connectivity index (χ0n) is 15.0. The molecule has 0 heterocycles. The van der Waals surface area contributed by atoms with Crippen LogP contribution in [0.15, 0.2) is 0 Å². The molecule has 0 fully saturated rings. The Morgan fingerprint density at radius 2 is 1.08 bits per heavy atom. The molecular weight excluding hydrogens is 310 g/mol. The molecule has 0 aliphatic carbocycles. The van der Waals surface area contributed by atoms with E-state index >= 15 is 0 Å². The molecule has 0 rings (SSSR count). The van der Waals surface area contributed by atoms with Crippen LogP contribution >= 0.6 is 0 Å². The van der Waals surface area contributed by atoms with Gasteiger partial charge in [0.05, 0.1) is 42.7 Å². The second kappa shape index (κ2) is 15.0. The Labute approximate surface area is 152 Å². The van der Waals surface area contributed by atoms with Crippen molar-refractivity contribution in [2.24, 2.45) is 11.3 Å². The Bertz CT molecular complexity index is 547. The predicted molar refractivity (Wildman–Crippen MR) is 94.0 cm³/mol. The fourth-order valence-electron chi connectivity index (χ4n) is 2.90. The number of unbranched alkanes of at least 4 members (excludes halogenated alkanes) is 10. The maximum absolute atomic E-state index is 9.25. The summed E-state index contributed by atoms with van der Waals surface area (Å²) in [5.74, 6) is -0.699. The Morgan fingerprint density at radius 1 is 0.600 bits per heavy atom. The van der Waals surface area contributed by atoms with E-state index in [1.165, 1.54) is 25.7 Å². The third-order valence-electron chi connectivity index (χ3n) is 4.54. The van der Waals surface area contributed by atoms with Crippen molar-refractivity contribution in [3.05, 3.63) is 0 Å². The van der Waals surface area contributed by atoms with Gasteiger partial charge in [-0.25, -0.2) is 0 Å². The van der Waals surface area contributed by atoms with Crippen molar-refractivity contribution in [3.8, 4) is 30.3 Å². The lowest BCUT2D eigenvalue weighted by Gasteiger charge is -2.20. The molecule has 1 unspecified atom stereocenters. The van der Waals surface area contributed by atoms with Crippen LogP contribution < -0.4 is 0 Å². The van der Waals surface area contributed by atoms with Gasteiger partial charge in [-0.1, -0.05) is 57.8 Å². The Balaban J connectivity index is 3.82. The van der Waals surface area contributed by atoms with Crippen molar-refractivity contribution in [1.82, 2.24) is 0 Å². The van der Waals surface area contributed by atoms with Crippen molar-refractivity contribution in [1.29, 1.82) is 26.3 Å². The first-order valence-corrected chi connectivity index (χ1v) is 9.16. The van der Waals surface area contributed by atoms with E-state index in [-0.39, 0.29) is 6.42 Å². The summed E-state index contributed by atoms with van der Waals surface area (Å²) in [5, 5.41) is 44.9. The van der Waals surface area contributed by atoms with Crippen LogP contribution in [-0.4, -0.2) is 0 Å². The summed E-state index contributed by atoms with van der Waals surface area (Å²) >= 11 is 0. The van der Waals surface area contributed by atoms with Crippen LogP contribution in [0.2, 0.25) is 0 Å². The SMILES string of the molecule is N#CCCCCCCCCCCCCC(C#N)C(C#N)(C#N)CC#N. The fraction of sp³-hybridized carbons (Fsp3) is 0.750. The average molecular weight is 337 g/mol. The predicted octanol–water partition coefficient (Wildman–Crippen LogP) is 5.28. The van der Waals surface area contributed by atoms with Crippen LogP contribution in [-0.2, 0) is 0 Å². The molecule has 132 valence electrons. The fourth-order valence-corrected chi connectivity index (χ4v) is 2.90. The summed E-state index contributed by atoms with van der Waals surface area (Å²) in [4.78, 5) is 0. The van der Waals surface area contributed by atoms with Crippen molar-refractivity contribution >= 4 is 0 Å². The van der Waals surface area contributed by atoms with Gasteiger partial charge >= 0.3 is 0 Å². The zero-order chi connectivity index (χ0) is 18.8. The molecule has 0 aromatic carbocycles. The first-order chi connectivity index (χ1) is 12.2. The average Bonchev–Trinajstić information content (AvgIpc) is 2.64. The van der Waals surface area contributed by atoms with Crippen LogP contribution in [0.4, 0.5) is 0 Å². The number of hydrogen-bond acceptors (Lipinski definition) is 5. The molecule has 0 aliphatic rings. The molecule has 5 heteroatoms. The van der Waals surface area contributed by atoms with E-state index in [0.717, 1.165) is 38.5 Å². The van der Waals surface area contributed by atoms with Gasteiger partial charge < -0.3 is 0 Å². The Hall–Kier alpha value is -2.55. The number of nitriles is 5. The normalized spacial score (nSPS) is 11.3. The van der Waals surface area contributed by atoms with Crippen molar-refractivity contribution in [3.63, 3.8) is 0 Å². The zero-order valence-corrected chi connectivity index (χ0v) is 15.0. The minimum Gasteiger partial charge on any atom is -0.198 e. The minimum atomic E-state index is -1.49. The van der Waals surface area contributed by atoms with Gasteiger partial charge in [0.15, 0.2) is 5.41 Å². The highest BCUT2D eigenvalue weighted by Crippen LogP contribution is 2.33. The molecule has 0 saturated carbocycles. The van der Waals surface area contributed by atoms with E-state index in [4.69, 9.17) is 10.5 Å². The first-order valence-electron chi connectivity index (χ1n) is 9.16. The number of nitrogens with zero attached hydrogens (tertiary/aromatic N) is 5. The molecule has 0 radical (unpaired) electrons. The van der Waals surface area contributed by atoms with Gasteiger partial charge in [-0.3, -0.25) is 0 Å². The van der Waals surface area contributed by atoms with Crippen LogP contribution in [0.5, 0.6) is 0 Å². The standard InChI is InChI=1S/C20H27N5/c21-14-11-9-7-5-3-1-2-4-6-8-10-12-19(16-23)20(17-24,18-25)13-15-22/h19H,1-13H2. The molecule has 0 amide bonds. The lowest BCUT2D eigenvalue weighted by molar-refractivity contribution is 0.360. The Kier molecular flexibility index (Phi) is 13.5. The maximum atomic E-state index is 9.25. The van der Waals surface area contributed by atoms with Crippen molar-refractivity contribution in [2.75, 3.05) is 0 Å². The van der Waals surface area contributed by atoms with E-state index in [9.17, 15) is 15.8 Å². The van der Waals surface area contributed by atoms with Crippen LogP contribution in [0, 0.1) is 68.0 Å². The highest BCUT2D eigenvalue weighted by molar-refractivity contribution is 5.23. The summed E-state index contributed by atoms with van der Waals surface area (Å²) < 4.78 is 0. The van der Waals surface area contributed by atoms with Crippen molar-refractivity contribution < 1.29 is 0 Å². The Morgan fingerprint density at radius 3 is 1.48 bits per heavy atom. The second-order valence-corrected chi connectivity index (χ2v) is 6.44. The highest BCUT2D eigenvalue weighted by atomic mass is 14.5. The van der Waals surface area contributed by atoms with E-state index in [2.05, 4.69) is 12.1 Å². The van der Waals surface area contributed by atoms with Crippen molar-refractivity contribution in [2.45, 2.75) is 83.5 Å². The molecule has 0 aromatic heterocycles. The minimum absolute atomic E-state index is 0.216. The van der Waals surface area contributed by atoms with E-state index in [1.807, 2.05) is 18.2 Å². The summed E-state index contributed by atoms with van der Waals surface area (Å²) in [6.45, 7) is 0. The molecule has 0 saturated heterocycles. The highest BCUT2D eigenvalue weighted by Gasteiger charge is 2.39. The molecule has 0 spiro atoms. The van der Waals surface area contributed by atoms with Gasteiger partial charge in [0, 0.05) is 6.42 Å². The van der Waals surface area contributed by atoms with Gasteiger partial charge in [0.25, 0.3) is 0 Å². The number of hydrogen-bond donors (Lipinski definition) is 0. The monoisotopic (exact) mass is 337 g/mol. The first kappa shape index (κ1) is 22.4. The van der Waals surface area contributed by atoms with Gasteiger partial charge in [0.1, 0.15) is 0 Å². The van der Waals surface area contributed by atoms with E-state index < -0.39 is 11.3 Å². The lowest BCUT2D eigenvalue weighted by atomic mass is 9.74. The van der Waals surface area contributed by atoms with E-state index in [1.54, 1.807) is 0 Å². The van der Waals surface area contributed by atoms with Gasteiger partial charge in [-0.05, 0) is 12.8 Å². The number of rotatable bonds is 14. The molecule has 1 atom stereocenters. The molecule has 25 heavy (non-hydrogen) atoms. The molecular formula is C20H27N5. The largest absolute Gasteiger partial charge is 0.198 e. The molecule has 0 N–H and O–H groups in total. The van der Waals surface area contributed by atoms with E-state index in [0.29, 0.717) is 12.8 Å². The third-order valence-corrected chi connectivity index (χ3v) is 4.54. The summed E-state index contributed by atoms with van der Waals surface area (Å²) in [6.07, 6.45) is 12.0. The van der Waals surface area contributed by atoms with Gasteiger partial charge in [0.2, 0.25) is 0 Å². The lowest BCUT2D eigenvalue weighted by Crippen LogP contribution is -2.26. The molecule has 0 bridgehead atoms. The van der Waals surface area contributed by atoms with Crippen LogP contribution in [0.3, 0.4) is 0 Å².